The zero-order valence-electron chi connectivity index (χ0n) is 7.28. The minimum absolute atomic E-state index is 0.178. The Balaban J connectivity index is 2.61. The Morgan fingerprint density at radius 2 is 2.07 bits per heavy atom. The molecule has 1 heterocycles. The van der Waals surface area contributed by atoms with Crippen molar-refractivity contribution in [1.29, 1.82) is 0 Å². The molecule has 0 amide bonds. The molecular weight excluding hydrogens is 190 g/mol. The molecule has 14 heavy (non-hydrogen) atoms. The molecule has 0 spiro atoms. The van der Waals surface area contributed by atoms with E-state index in [1.807, 2.05) is 0 Å². The minimum Gasteiger partial charge on any atom is -0.204 e. The van der Waals surface area contributed by atoms with Gasteiger partial charge in [-0.05, 0) is 29.5 Å². The highest BCUT2D eigenvalue weighted by molar-refractivity contribution is 5.40. The van der Waals surface area contributed by atoms with Crippen molar-refractivity contribution in [3.05, 3.63) is 35.7 Å². The van der Waals surface area contributed by atoms with Gasteiger partial charge in [-0.3, -0.25) is 0 Å². The Morgan fingerprint density at radius 1 is 1.29 bits per heavy atom. The van der Waals surface area contributed by atoms with Gasteiger partial charge >= 0.3 is 0 Å². The topological polar surface area (TPSA) is 43.6 Å². The Morgan fingerprint density at radius 3 is 2.71 bits per heavy atom. The summed E-state index contributed by atoms with van der Waals surface area (Å²) in [5, 5.41) is 10.4. The largest absolute Gasteiger partial charge is 0.204 e. The van der Waals surface area contributed by atoms with Crippen LogP contribution in [-0.4, -0.2) is 20.2 Å². The van der Waals surface area contributed by atoms with Crippen LogP contribution in [-0.2, 0) is 0 Å². The molecule has 1 aromatic heterocycles. The van der Waals surface area contributed by atoms with Crippen molar-refractivity contribution in [2.75, 3.05) is 0 Å². The first kappa shape index (κ1) is 8.74. The van der Waals surface area contributed by atoms with E-state index in [-0.39, 0.29) is 5.56 Å². The summed E-state index contributed by atoms with van der Waals surface area (Å²) in [7, 11) is 0. The quantitative estimate of drug-likeness (QED) is 0.689. The monoisotopic (exact) mass is 196 g/mol. The minimum atomic E-state index is -0.877. The summed E-state index contributed by atoms with van der Waals surface area (Å²) in [5.41, 5.74) is 0.603. The smallest absolute Gasteiger partial charge is 0.163 e. The molecule has 4 nitrogen and oxygen atoms in total. The van der Waals surface area contributed by atoms with Crippen LogP contribution in [0, 0.1) is 18.6 Å². The summed E-state index contributed by atoms with van der Waals surface area (Å²) >= 11 is 0. The second-order valence-electron chi connectivity index (χ2n) is 2.76. The molecule has 0 saturated carbocycles. The van der Waals surface area contributed by atoms with Crippen LogP contribution in [0.15, 0.2) is 18.5 Å². The van der Waals surface area contributed by atoms with Gasteiger partial charge < -0.3 is 0 Å². The Hall–Kier alpha value is -1.85. The highest BCUT2D eigenvalue weighted by Crippen LogP contribution is 2.18. The number of tetrazole rings is 1. The normalized spacial score (nSPS) is 10.5. The second-order valence-corrected chi connectivity index (χ2v) is 2.76. The Bertz CT molecular complexity index is 453. The van der Waals surface area contributed by atoms with Crippen molar-refractivity contribution in [2.24, 2.45) is 0 Å². The van der Waals surface area contributed by atoms with Crippen LogP contribution in [0.4, 0.5) is 8.78 Å². The van der Waals surface area contributed by atoms with E-state index >= 15 is 0 Å². The molecular formula is C8H6F2N4. The number of rotatable bonds is 1. The van der Waals surface area contributed by atoms with Gasteiger partial charge in [0.15, 0.2) is 11.6 Å². The first-order valence-electron chi connectivity index (χ1n) is 3.88. The number of hydrogen-bond acceptors (Lipinski definition) is 3. The zero-order valence-corrected chi connectivity index (χ0v) is 7.28. The Labute approximate surface area is 78.2 Å². The predicted molar refractivity (Wildman–Crippen MR) is 43.8 cm³/mol. The molecule has 1 aromatic carbocycles. The van der Waals surface area contributed by atoms with Crippen molar-refractivity contribution in [3.63, 3.8) is 0 Å². The molecule has 0 unspecified atom stereocenters. The van der Waals surface area contributed by atoms with Crippen molar-refractivity contribution < 1.29 is 8.78 Å². The van der Waals surface area contributed by atoms with Gasteiger partial charge in [0.2, 0.25) is 0 Å². The molecule has 0 atom stereocenters. The fraction of sp³-hybridized carbons (Fsp3) is 0.125. The van der Waals surface area contributed by atoms with E-state index in [1.54, 1.807) is 0 Å². The maximum Gasteiger partial charge on any atom is 0.163 e. The average molecular weight is 196 g/mol. The standard InChI is InChI=1S/C8H6F2N4/c1-5-7(14-4-11-12-13-14)3-2-6(9)8(5)10/h2-4H,1H3. The van der Waals surface area contributed by atoms with Crippen molar-refractivity contribution >= 4 is 0 Å². The van der Waals surface area contributed by atoms with E-state index in [2.05, 4.69) is 15.5 Å². The summed E-state index contributed by atoms with van der Waals surface area (Å²) < 4.78 is 27.2. The maximum absolute atomic E-state index is 13.1. The van der Waals surface area contributed by atoms with E-state index in [1.165, 1.54) is 24.0 Å². The lowest BCUT2D eigenvalue weighted by Crippen LogP contribution is -2.01. The molecule has 0 saturated heterocycles. The first-order valence-corrected chi connectivity index (χ1v) is 3.88. The molecule has 0 N–H and O–H groups in total. The van der Waals surface area contributed by atoms with Crippen LogP contribution < -0.4 is 0 Å². The lowest BCUT2D eigenvalue weighted by atomic mass is 10.2. The molecule has 0 aliphatic carbocycles. The summed E-state index contributed by atoms with van der Waals surface area (Å²) in [6.45, 7) is 1.47. The fourth-order valence-electron chi connectivity index (χ4n) is 1.16. The summed E-state index contributed by atoms with van der Waals surface area (Å²) in [4.78, 5) is 0. The van der Waals surface area contributed by atoms with Gasteiger partial charge in [-0.2, -0.15) is 0 Å². The van der Waals surface area contributed by atoms with E-state index in [4.69, 9.17) is 0 Å². The molecule has 0 fully saturated rings. The van der Waals surface area contributed by atoms with Crippen LogP contribution >= 0.6 is 0 Å². The van der Waals surface area contributed by atoms with E-state index in [0.29, 0.717) is 5.69 Å². The van der Waals surface area contributed by atoms with Gasteiger partial charge in [-0.15, -0.1) is 5.10 Å². The molecule has 72 valence electrons. The van der Waals surface area contributed by atoms with Gasteiger partial charge in [-0.25, -0.2) is 13.5 Å². The van der Waals surface area contributed by atoms with Crippen molar-refractivity contribution in [2.45, 2.75) is 6.92 Å². The van der Waals surface area contributed by atoms with Gasteiger partial charge in [0, 0.05) is 5.56 Å². The lowest BCUT2D eigenvalue weighted by Gasteiger charge is -2.05. The van der Waals surface area contributed by atoms with Crippen LogP contribution in [0.2, 0.25) is 0 Å². The predicted octanol–water partition coefficient (Wildman–Crippen LogP) is 1.25. The van der Waals surface area contributed by atoms with Crippen LogP contribution in [0.5, 0.6) is 0 Å². The van der Waals surface area contributed by atoms with Gasteiger partial charge in [0.1, 0.15) is 6.33 Å². The third-order valence-electron chi connectivity index (χ3n) is 1.91. The third-order valence-corrected chi connectivity index (χ3v) is 1.91. The lowest BCUT2D eigenvalue weighted by molar-refractivity contribution is 0.501. The molecule has 0 bridgehead atoms. The fourth-order valence-corrected chi connectivity index (χ4v) is 1.16. The van der Waals surface area contributed by atoms with Crippen LogP contribution in [0.25, 0.3) is 5.69 Å². The Kier molecular flexibility index (Phi) is 1.95. The first-order chi connectivity index (χ1) is 6.70. The molecule has 6 heteroatoms. The zero-order chi connectivity index (χ0) is 10.1. The number of hydrogen-bond donors (Lipinski definition) is 0. The molecule has 2 rings (SSSR count). The van der Waals surface area contributed by atoms with E-state index in [9.17, 15) is 8.78 Å². The SMILES string of the molecule is Cc1c(-n2cnnn2)ccc(F)c1F. The molecule has 2 aromatic rings. The van der Waals surface area contributed by atoms with Crippen molar-refractivity contribution in [1.82, 2.24) is 20.2 Å². The molecule has 0 aliphatic heterocycles. The number of nitrogens with zero attached hydrogens (tertiary/aromatic N) is 4. The van der Waals surface area contributed by atoms with E-state index in [0.717, 1.165) is 6.07 Å². The summed E-state index contributed by atoms with van der Waals surface area (Å²) in [5.74, 6) is -1.75. The second kappa shape index (κ2) is 3.13. The van der Waals surface area contributed by atoms with Gasteiger partial charge in [0.05, 0.1) is 5.69 Å². The summed E-state index contributed by atoms with van der Waals surface area (Å²) in [6.07, 6.45) is 1.32. The number of benzene rings is 1. The number of aromatic nitrogens is 4. The van der Waals surface area contributed by atoms with E-state index < -0.39 is 11.6 Å². The average Bonchev–Trinajstić information content (AvgIpc) is 2.67. The third kappa shape index (κ3) is 1.24. The van der Waals surface area contributed by atoms with Crippen molar-refractivity contribution in [3.8, 4) is 5.69 Å². The van der Waals surface area contributed by atoms with Crippen LogP contribution in [0.3, 0.4) is 0 Å². The maximum atomic E-state index is 13.1. The summed E-state index contributed by atoms with van der Waals surface area (Å²) in [6, 6.07) is 2.46. The highest BCUT2D eigenvalue weighted by Gasteiger charge is 2.11. The molecule has 0 radical (unpaired) electrons. The van der Waals surface area contributed by atoms with Crippen LogP contribution in [0.1, 0.15) is 5.56 Å². The molecule has 0 aliphatic rings. The highest BCUT2D eigenvalue weighted by atomic mass is 19.2. The van der Waals surface area contributed by atoms with Gasteiger partial charge in [-0.1, -0.05) is 0 Å². The van der Waals surface area contributed by atoms with Gasteiger partial charge in [0.25, 0.3) is 0 Å². The number of halogens is 2.